The highest BCUT2D eigenvalue weighted by atomic mass is 16.7. The molecule has 0 N–H and O–H groups in total. The van der Waals surface area contributed by atoms with Crippen LogP contribution in [0.2, 0.25) is 0 Å². The third kappa shape index (κ3) is 9.18. The molecule has 1 saturated carbocycles. The minimum atomic E-state index is -0.385. The summed E-state index contributed by atoms with van der Waals surface area (Å²) in [6.07, 6.45) is 13.0. The van der Waals surface area contributed by atoms with Crippen molar-refractivity contribution in [3.8, 4) is 5.75 Å². The SMILES string of the molecule is CCCCCC(CCC1C(OC(=O)CC(C)C)CC2Cc3c(cccc3OCC(=O)OC)CC21)OC1CCCCO1. The van der Waals surface area contributed by atoms with Gasteiger partial charge in [-0.3, -0.25) is 4.79 Å². The summed E-state index contributed by atoms with van der Waals surface area (Å²) in [4.78, 5) is 24.6. The molecule has 0 amide bonds. The number of hydrogen-bond acceptors (Lipinski definition) is 7. The molecule has 1 heterocycles. The molecule has 1 aliphatic heterocycles. The Balaban J connectivity index is 1.48. The van der Waals surface area contributed by atoms with Gasteiger partial charge in [-0.25, -0.2) is 4.79 Å². The van der Waals surface area contributed by atoms with Crippen LogP contribution in [-0.4, -0.2) is 50.8 Å². The third-order valence-electron chi connectivity index (χ3n) is 9.18. The molecule has 1 saturated heterocycles. The summed E-state index contributed by atoms with van der Waals surface area (Å²) < 4.78 is 29.4. The van der Waals surface area contributed by atoms with Crippen LogP contribution in [0.25, 0.3) is 0 Å². The zero-order chi connectivity index (χ0) is 29.2. The van der Waals surface area contributed by atoms with Gasteiger partial charge >= 0.3 is 11.9 Å². The zero-order valence-electron chi connectivity index (χ0n) is 25.7. The van der Waals surface area contributed by atoms with Crippen LogP contribution < -0.4 is 4.74 Å². The predicted molar refractivity (Wildman–Crippen MR) is 158 cm³/mol. The Morgan fingerprint density at radius 3 is 2.66 bits per heavy atom. The molecule has 6 unspecified atom stereocenters. The normalized spacial score (nSPS) is 26.2. The predicted octanol–water partition coefficient (Wildman–Crippen LogP) is 6.82. The lowest BCUT2D eigenvalue weighted by Crippen LogP contribution is -2.32. The minimum Gasteiger partial charge on any atom is -0.482 e. The summed E-state index contributed by atoms with van der Waals surface area (Å²) >= 11 is 0. The standard InChI is InChI=1S/C34H52O7/c1-5-6-7-12-26(40-34-14-8-9-17-38-34)15-16-27-28-19-24-11-10-13-30(39-22-33(36)37-4)29(24)20-25(28)21-31(27)41-32(35)18-23(2)3/h10-11,13,23,25-28,31,34H,5-9,12,14-22H2,1-4H3. The van der Waals surface area contributed by atoms with Gasteiger partial charge in [0.1, 0.15) is 11.9 Å². The first kappa shape index (κ1) is 31.8. The Morgan fingerprint density at radius 2 is 1.93 bits per heavy atom. The molecular formula is C34H52O7. The second-order valence-electron chi connectivity index (χ2n) is 12.7. The summed E-state index contributed by atoms with van der Waals surface area (Å²) in [5.41, 5.74) is 2.46. The lowest BCUT2D eigenvalue weighted by Gasteiger charge is -2.33. The number of esters is 2. The van der Waals surface area contributed by atoms with Crippen molar-refractivity contribution in [2.45, 2.75) is 123 Å². The Hall–Kier alpha value is -2.12. The van der Waals surface area contributed by atoms with Crippen molar-refractivity contribution in [3.05, 3.63) is 29.3 Å². The van der Waals surface area contributed by atoms with Crippen LogP contribution in [0.5, 0.6) is 5.75 Å². The first-order valence-corrected chi connectivity index (χ1v) is 16.1. The van der Waals surface area contributed by atoms with Crippen LogP contribution in [0.3, 0.4) is 0 Å². The van der Waals surface area contributed by atoms with Gasteiger partial charge in [-0.05, 0) is 98.7 Å². The Bertz CT molecular complexity index is 970. The number of carbonyl (C=O) groups is 2. The molecule has 0 radical (unpaired) electrons. The Labute approximate surface area is 247 Å². The number of benzene rings is 1. The van der Waals surface area contributed by atoms with E-state index in [1.807, 2.05) is 12.1 Å². The van der Waals surface area contributed by atoms with Gasteiger partial charge in [-0.2, -0.15) is 0 Å². The van der Waals surface area contributed by atoms with E-state index in [0.29, 0.717) is 24.2 Å². The van der Waals surface area contributed by atoms with Crippen LogP contribution in [-0.2, 0) is 41.4 Å². The monoisotopic (exact) mass is 572 g/mol. The Kier molecular flexibility index (Phi) is 12.4. The summed E-state index contributed by atoms with van der Waals surface area (Å²) in [5.74, 6) is 1.72. The number of carbonyl (C=O) groups excluding carboxylic acids is 2. The molecule has 0 aromatic heterocycles. The maximum atomic E-state index is 12.9. The highest BCUT2D eigenvalue weighted by molar-refractivity contribution is 5.71. The van der Waals surface area contributed by atoms with Gasteiger partial charge in [0.25, 0.3) is 0 Å². The van der Waals surface area contributed by atoms with Crippen molar-refractivity contribution in [3.63, 3.8) is 0 Å². The second-order valence-corrected chi connectivity index (χ2v) is 12.7. The van der Waals surface area contributed by atoms with E-state index in [2.05, 4.69) is 26.8 Å². The number of rotatable bonds is 15. The molecule has 7 nitrogen and oxygen atoms in total. The molecule has 230 valence electrons. The summed E-state index contributed by atoms with van der Waals surface area (Å²) in [7, 11) is 1.37. The fourth-order valence-electron chi connectivity index (χ4n) is 7.11. The van der Waals surface area contributed by atoms with Crippen molar-refractivity contribution in [1.82, 2.24) is 0 Å². The van der Waals surface area contributed by atoms with Crippen LogP contribution in [0, 0.1) is 23.7 Å². The van der Waals surface area contributed by atoms with Gasteiger partial charge in [0.05, 0.1) is 13.2 Å². The van der Waals surface area contributed by atoms with Gasteiger partial charge in [-0.1, -0.05) is 52.2 Å². The van der Waals surface area contributed by atoms with E-state index in [0.717, 1.165) is 70.1 Å². The topological polar surface area (TPSA) is 80.3 Å². The molecule has 2 fully saturated rings. The Morgan fingerprint density at radius 1 is 1.07 bits per heavy atom. The van der Waals surface area contributed by atoms with E-state index in [-0.39, 0.29) is 43.0 Å². The van der Waals surface area contributed by atoms with Crippen molar-refractivity contribution in [1.29, 1.82) is 0 Å². The largest absolute Gasteiger partial charge is 0.482 e. The number of ether oxygens (including phenoxy) is 5. The van der Waals surface area contributed by atoms with Crippen LogP contribution in [0.15, 0.2) is 18.2 Å². The molecular weight excluding hydrogens is 520 g/mol. The summed E-state index contributed by atoms with van der Waals surface area (Å²) in [5, 5.41) is 0. The first-order chi connectivity index (χ1) is 19.9. The summed E-state index contributed by atoms with van der Waals surface area (Å²) in [6.45, 7) is 7.05. The fourth-order valence-corrected chi connectivity index (χ4v) is 7.11. The van der Waals surface area contributed by atoms with Gasteiger partial charge in [0.2, 0.25) is 0 Å². The maximum Gasteiger partial charge on any atom is 0.343 e. The highest BCUT2D eigenvalue weighted by Crippen LogP contribution is 2.49. The van der Waals surface area contributed by atoms with E-state index in [4.69, 9.17) is 23.7 Å². The second kappa shape index (κ2) is 15.9. The number of hydrogen-bond donors (Lipinski definition) is 0. The summed E-state index contributed by atoms with van der Waals surface area (Å²) in [6, 6.07) is 6.14. The molecule has 41 heavy (non-hydrogen) atoms. The number of unbranched alkanes of at least 4 members (excludes halogenated alkanes) is 2. The lowest BCUT2D eigenvalue weighted by atomic mass is 9.73. The van der Waals surface area contributed by atoms with E-state index in [9.17, 15) is 9.59 Å². The van der Waals surface area contributed by atoms with E-state index in [1.165, 1.54) is 37.5 Å². The molecule has 0 bridgehead atoms. The van der Waals surface area contributed by atoms with Crippen molar-refractivity contribution >= 4 is 11.9 Å². The van der Waals surface area contributed by atoms with Crippen LogP contribution in [0.4, 0.5) is 0 Å². The van der Waals surface area contributed by atoms with Gasteiger partial charge in [-0.15, -0.1) is 0 Å². The maximum absolute atomic E-state index is 12.9. The van der Waals surface area contributed by atoms with E-state index in [1.54, 1.807) is 0 Å². The molecule has 7 heteroatoms. The smallest absolute Gasteiger partial charge is 0.343 e. The quantitative estimate of drug-likeness (QED) is 0.169. The first-order valence-electron chi connectivity index (χ1n) is 16.1. The number of fused-ring (bicyclic) bond motifs is 2. The fraction of sp³-hybridized carbons (Fsp3) is 0.765. The van der Waals surface area contributed by atoms with E-state index >= 15 is 0 Å². The average Bonchev–Trinajstić information content (AvgIpc) is 3.28. The molecule has 1 aromatic rings. The van der Waals surface area contributed by atoms with E-state index < -0.39 is 0 Å². The molecule has 4 rings (SSSR count). The molecule has 0 spiro atoms. The molecule has 3 aliphatic rings. The highest BCUT2D eigenvalue weighted by Gasteiger charge is 2.47. The van der Waals surface area contributed by atoms with Crippen LogP contribution in [0.1, 0.15) is 103 Å². The van der Waals surface area contributed by atoms with Crippen molar-refractivity contribution < 1.29 is 33.3 Å². The molecule has 2 aliphatic carbocycles. The van der Waals surface area contributed by atoms with Crippen molar-refractivity contribution in [2.24, 2.45) is 23.7 Å². The average molecular weight is 573 g/mol. The lowest BCUT2D eigenvalue weighted by molar-refractivity contribution is -0.191. The van der Waals surface area contributed by atoms with Crippen LogP contribution >= 0.6 is 0 Å². The van der Waals surface area contributed by atoms with Gasteiger partial charge in [0, 0.05) is 13.0 Å². The minimum absolute atomic E-state index is 0.0766. The number of methoxy groups -OCH3 is 1. The van der Waals surface area contributed by atoms with Gasteiger partial charge in [0.15, 0.2) is 12.9 Å². The molecule has 1 aromatic carbocycles. The van der Waals surface area contributed by atoms with Crippen molar-refractivity contribution in [2.75, 3.05) is 20.3 Å². The zero-order valence-corrected chi connectivity index (χ0v) is 25.7. The molecule has 6 atom stereocenters. The van der Waals surface area contributed by atoms with Gasteiger partial charge < -0.3 is 23.7 Å². The third-order valence-corrected chi connectivity index (χ3v) is 9.18.